The normalized spacial score (nSPS) is 9.92. The van der Waals surface area contributed by atoms with Crippen LogP contribution in [-0.2, 0) is 9.53 Å². The van der Waals surface area contributed by atoms with Gasteiger partial charge < -0.3 is 15.4 Å². The largest absolute Gasteiger partial charge is 0.465 e. The summed E-state index contributed by atoms with van der Waals surface area (Å²) < 4.78 is 4.65. The van der Waals surface area contributed by atoms with Crippen molar-refractivity contribution in [3.05, 3.63) is 64.7 Å². The first-order chi connectivity index (χ1) is 11.5. The highest BCUT2D eigenvalue weighted by Crippen LogP contribution is 2.15. The molecule has 0 aliphatic rings. The highest BCUT2D eigenvalue weighted by molar-refractivity contribution is 6.31. The van der Waals surface area contributed by atoms with Crippen molar-refractivity contribution in [3.8, 4) is 0 Å². The van der Waals surface area contributed by atoms with Gasteiger partial charge in [-0.15, -0.1) is 0 Å². The Labute approximate surface area is 143 Å². The molecule has 0 unspecified atom stereocenters. The van der Waals surface area contributed by atoms with Gasteiger partial charge in [0, 0.05) is 10.6 Å². The number of rotatable bonds is 5. The molecule has 0 atom stereocenters. The SMILES string of the molecule is COC(=O)c1ccccc1NC(=O)CNC(=O)c1cccc(Cl)c1. The molecule has 0 aliphatic carbocycles. The summed E-state index contributed by atoms with van der Waals surface area (Å²) in [6.07, 6.45) is 0. The van der Waals surface area contributed by atoms with E-state index in [0.717, 1.165) is 0 Å². The summed E-state index contributed by atoms with van der Waals surface area (Å²) in [6.45, 7) is -0.249. The van der Waals surface area contributed by atoms with E-state index in [-0.39, 0.29) is 12.1 Å². The van der Waals surface area contributed by atoms with Crippen LogP contribution in [0, 0.1) is 0 Å². The first kappa shape index (κ1) is 17.5. The van der Waals surface area contributed by atoms with Crippen LogP contribution < -0.4 is 10.6 Å². The molecular formula is C17H15ClN2O4. The molecule has 6 nitrogen and oxygen atoms in total. The lowest BCUT2D eigenvalue weighted by atomic mass is 10.2. The molecule has 2 aromatic carbocycles. The minimum atomic E-state index is -0.561. The van der Waals surface area contributed by atoms with Crippen LogP contribution in [0.1, 0.15) is 20.7 Å². The zero-order valence-corrected chi connectivity index (χ0v) is 13.6. The zero-order valence-electron chi connectivity index (χ0n) is 12.8. The molecule has 0 radical (unpaired) electrons. The number of amides is 2. The standard InChI is InChI=1S/C17H15ClN2O4/c1-24-17(23)13-7-2-3-8-14(13)20-15(21)10-19-16(22)11-5-4-6-12(18)9-11/h2-9H,10H2,1H3,(H,19,22)(H,20,21). The van der Waals surface area contributed by atoms with Crippen LogP contribution in [0.4, 0.5) is 5.69 Å². The van der Waals surface area contributed by atoms with Gasteiger partial charge in [0.05, 0.1) is 24.9 Å². The van der Waals surface area contributed by atoms with E-state index >= 15 is 0 Å². The maximum atomic E-state index is 12.0. The lowest BCUT2D eigenvalue weighted by molar-refractivity contribution is -0.115. The lowest BCUT2D eigenvalue weighted by Gasteiger charge is -2.10. The van der Waals surface area contributed by atoms with Crippen molar-refractivity contribution in [2.24, 2.45) is 0 Å². The fourth-order valence-electron chi connectivity index (χ4n) is 1.97. The van der Waals surface area contributed by atoms with Gasteiger partial charge in [-0.1, -0.05) is 29.8 Å². The minimum absolute atomic E-state index is 0.231. The summed E-state index contributed by atoms with van der Waals surface area (Å²) in [4.78, 5) is 35.6. The number of benzene rings is 2. The molecule has 2 amide bonds. The van der Waals surface area contributed by atoms with E-state index in [9.17, 15) is 14.4 Å². The minimum Gasteiger partial charge on any atom is -0.465 e. The smallest absolute Gasteiger partial charge is 0.339 e. The number of carbonyl (C=O) groups is 3. The number of carbonyl (C=O) groups excluding carboxylic acids is 3. The summed E-state index contributed by atoms with van der Waals surface area (Å²) in [6, 6.07) is 12.8. The predicted octanol–water partition coefficient (Wildman–Crippen LogP) is 2.50. The number of halogens is 1. The topological polar surface area (TPSA) is 84.5 Å². The predicted molar refractivity (Wildman–Crippen MR) is 90.2 cm³/mol. The average molecular weight is 347 g/mol. The van der Waals surface area contributed by atoms with Crippen LogP contribution in [0.25, 0.3) is 0 Å². The van der Waals surface area contributed by atoms with Crippen LogP contribution >= 0.6 is 11.6 Å². The molecule has 0 heterocycles. The molecule has 2 N–H and O–H groups in total. The molecule has 124 valence electrons. The van der Waals surface area contributed by atoms with Crippen molar-refractivity contribution < 1.29 is 19.1 Å². The van der Waals surface area contributed by atoms with Gasteiger partial charge in [-0.25, -0.2) is 4.79 Å². The average Bonchev–Trinajstić information content (AvgIpc) is 2.59. The quantitative estimate of drug-likeness (QED) is 0.815. The third kappa shape index (κ3) is 4.57. The van der Waals surface area contributed by atoms with Crippen molar-refractivity contribution in [3.63, 3.8) is 0 Å². The fraction of sp³-hybridized carbons (Fsp3) is 0.118. The van der Waals surface area contributed by atoms with Crippen molar-refractivity contribution in [2.75, 3.05) is 19.0 Å². The van der Waals surface area contributed by atoms with Crippen molar-refractivity contribution >= 4 is 35.1 Å². The second-order valence-corrected chi connectivity index (χ2v) is 5.21. The molecule has 0 bridgehead atoms. The molecular weight excluding hydrogens is 332 g/mol. The van der Waals surface area contributed by atoms with E-state index < -0.39 is 17.8 Å². The third-order valence-corrected chi connectivity index (χ3v) is 3.34. The van der Waals surface area contributed by atoms with Gasteiger partial charge in [0.25, 0.3) is 5.91 Å². The lowest BCUT2D eigenvalue weighted by Crippen LogP contribution is -2.33. The van der Waals surface area contributed by atoms with Crippen LogP contribution in [0.15, 0.2) is 48.5 Å². The second kappa shape index (κ2) is 8.12. The number of nitrogens with one attached hydrogen (secondary N) is 2. The maximum Gasteiger partial charge on any atom is 0.339 e. The number of para-hydroxylation sites is 1. The molecule has 0 spiro atoms. The van der Waals surface area contributed by atoms with Gasteiger partial charge >= 0.3 is 5.97 Å². The van der Waals surface area contributed by atoms with Gasteiger partial charge in [0.2, 0.25) is 5.91 Å². The monoisotopic (exact) mass is 346 g/mol. The first-order valence-electron chi connectivity index (χ1n) is 7.02. The van der Waals surface area contributed by atoms with Crippen molar-refractivity contribution in [1.29, 1.82) is 0 Å². The van der Waals surface area contributed by atoms with Crippen LogP contribution in [0.5, 0.6) is 0 Å². The first-order valence-corrected chi connectivity index (χ1v) is 7.40. The van der Waals surface area contributed by atoms with Crippen LogP contribution in [0.2, 0.25) is 5.02 Å². The van der Waals surface area contributed by atoms with Crippen LogP contribution in [-0.4, -0.2) is 31.4 Å². The van der Waals surface area contributed by atoms with E-state index in [2.05, 4.69) is 15.4 Å². The Kier molecular flexibility index (Phi) is 5.92. The van der Waals surface area contributed by atoms with Crippen LogP contribution in [0.3, 0.4) is 0 Å². The highest BCUT2D eigenvalue weighted by atomic mass is 35.5. The second-order valence-electron chi connectivity index (χ2n) is 4.78. The molecule has 24 heavy (non-hydrogen) atoms. The van der Waals surface area contributed by atoms with Gasteiger partial charge in [-0.2, -0.15) is 0 Å². The molecule has 7 heteroatoms. The van der Waals surface area contributed by atoms with Gasteiger partial charge in [-0.05, 0) is 30.3 Å². The number of methoxy groups -OCH3 is 1. The Hall–Kier alpha value is -2.86. The number of ether oxygens (including phenoxy) is 1. The summed E-state index contributed by atoms with van der Waals surface area (Å²) >= 11 is 5.82. The van der Waals surface area contributed by atoms with Gasteiger partial charge in [-0.3, -0.25) is 9.59 Å². The summed E-state index contributed by atoms with van der Waals surface area (Å²) in [5, 5.41) is 5.48. The number of hydrogen-bond acceptors (Lipinski definition) is 4. The number of hydrogen-bond donors (Lipinski definition) is 2. The summed E-state index contributed by atoms with van der Waals surface area (Å²) in [5.74, 6) is -1.45. The maximum absolute atomic E-state index is 12.0. The molecule has 2 aromatic rings. The van der Waals surface area contributed by atoms with E-state index in [1.807, 2.05) is 0 Å². The summed E-state index contributed by atoms with van der Waals surface area (Å²) in [5.41, 5.74) is 0.895. The number of anilines is 1. The fourth-order valence-corrected chi connectivity index (χ4v) is 2.16. The molecule has 0 saturated carbocycles. The molecule has 2 rings (SSSR count). The van der Waals surface area contributed by atoms with E-state index in [0.29, 0.717) is 16.3 Å². The third-order valence-electron chi connectivity index (χ3n) is 3.10. The van der Waals surface area contributed by atoms with Gasteiger partial charge in [0.15, 0.2) is 0 Å². The van der Waals surface area contributed by atoms with E-state index in [4.69, 9.17) is 11.6 Å². The highest BCUT2D eigenvalue weighted by Gasteiger charge is 2.14. The number of esters is 1. The van der Waals surface area contributed by atoms with Crippen molar-refractivity contribution in [2.45, 2.75) is 0 Å². The Balaban J connectivity index is 1.97. The molecule has 0 aliphatic heterocycles. The van der Waals surface area contributed by atoms with E-state index in [1.165, 1.54) is 19.2 Å². The van der Waals surface area contributed by atoms with Gasteiger partial charge in [0.1, 0.15) is 0 Å². The molecule has 0 fully saturated rings. The molecule has 0 aromatic heterocycles. The Bertz CT molecular complexity index is 777. The molecule has 0 saturated heterocycles. The Morgan fingerprint density at radius 3 is 2.54 bits per heavy atom. The Morgan fingerprint density at radius 1 is 1.08 bits per heavy atom. The Morgan fingerprint density at radius 2 is 1.83 bits per heavy atom. The summed E-state index contributed by atoms with van der Waals surface area (Å²) in [7, 11) is 1.26. The zero-order chi connectivity index (χ0) is 17.5. The van der Waals surface area contributed by atoms with E-state index in [1.54, 1.807) is 36.4 Å². The van der Waals surface area contributed by atoms with Crippen molar-refractivity contribution in [1.82, 2.24) is 5.32 Å².